The first-order chi connectivity index (χ1) is 18.3. The highest BCUT2D eigenvalue weighted by atomic mass is 79.9. The molecule has 1 aliphatic carbocycles. The summed E-state index contributed by atoms with van der Waals surface area (Å²) in [7, 11) is 4.18. The smallest absolute Gasteiger partial charge is 0.347 e. The number of carbonyl (C=O) groups is 2. The average molecular weight is 601 g/mol. The highest BCUT2D eigenvalue weighted by Crippen LogP contribution is 2.54. The van der Waals surface area contributed by atoms with Gasteiger partial charge >= 0.3 is 11.9 Å². The third-order valence-electron chi connectivity index (χ3n) is 5.79. The molecule has 0 spiro atoms. The molecule has 1 aliphatic rings. The van der Waals surface area contributed by atoms with Crippen molar-refractivity contribution in [2.24, 2.45) is 0 Å². The molecule has 8 nitrogen and oxygen atoms in total. The molecule has 0 saturated carbocycles. The summed E-state index contributed by atoms with van der Waals surface area (Å²) in [5.74, 6) is -0.992. The molecule has 2 unspecified atom stereocenters. The van der Waals surface area contributed by atoms with Crippen LogP contribution < -0.4 is 23.7 Å². The number of ether oxygens (including phenoxy) is 5. The molecule has 3 aromatic carbocycles. The van der Waals surface area contributed by atoms with Crippen molar-refractivity contribution in [2.45, 2.75) is 21.9 Å². The molecule has 38 heavy (non-hydrogen) atoms. The van der Waals surface area contributed by atoms with Crippen LogP contribution in [0.3, 0.4) is 0 Å². The minimum absolute atomic E-state index is 0.00773. The third-order valence-corrected chi connectivity index (χ3v) is 8.92. The quantitative estimate of drug-likeness (QED) is 0.140. The lowest BCUT2D eigenvalue weighted by Gasteiger charge is -2.29. The first kappa shape index (κ1) is 27.6. The number of hydrogen-bond acceptors (Lipinski definition) is 8. The van der Waals surface area contributed by atoms with Crippen LogP contribution in [0.1, 0.15) is 23.7 Å². The van der Waals surface area contributed by atoms with E-state index in [0.717, 1.165) is 0 Å². The van der Waals surface area contributed by atoms with Crippen molar-refractivity contribution < 1.29 is 37.8 Å². The van der Waals surface area contributed by atoms with Crippen LogP contribution in [0, 0.1) is 0 Å². The molecule has 0 bridgehead atoms. The molecule has 3 aromatic rings. The lowest BCUT2D eigenvalue weighted by atomic mass is 10.1. The summed E-state index contributed by atoms with van der Waals surface area (Å²) >= 11 is 1.93. The van der Waals surface area contributed by atoms with Gasteiger partial charge in [-0.15, -0.1) is 0 Å². The zero-order valence-corrected chi connectivity index (χ0v) is 23.5. The second-order valence-corrected chi connectivity index (χ2v) is 11.8. The zero-order chi connectivity index (χ0) is 27.4. The van der Waals surface area contributed by atoms with E-state index in [2.05, 4.69) is 15.9 Å². The van der Waals surface area contributed by atoms with Gasteiger partial charge in [0, 0.05) is 29.9 Å². The molecule has 0 aromatic heterocycles. The van der Waals surface area contributed by atoms with Crippen LogP contribution in [-0.2, 0) is 16.0 Å². The largest absolute Gasteiger partial charge is 0.610 e. The fraction of sp³-hybridized carbons (Fsp3) is 0.214. The lowest BCUT2D eigenvalue weighted by Crippen LogP contribution is -2.30. The molecule has 0 saturated heterocycles. The maximum Gasteiger partial charge on any atom is 0.347 e. The second-order valence-electron chi connectivity index (χ2n) is 8.13. The Kier molecular flexibility index (Phi) is 8.35. The summed E-state index contributed by atoms with van der Waals surface area (Å²) in [6.07, 6.45) is 7.82. The number of rotatable bonds is 8. The highest BCUT2D eigenvalue weighted by Gasteiger charge is 2.41. The van der Waals surface area contributed by atoms with E-state index in [0.29, 0.717) is 22.5 Å². The van der Waals surface area contributed by atoms with Crippen molar-refractivity contribution in [3.8, 4) is 28.7 Å². The van der Waals surface area contributed by atoms with Gasteiger partial charge in [0.25, 0.3) is 0 Å². The molecule has 2 atom stereocenters. The van der Waals surface area contributed by atoms with Crippen LogP contribution in [0.2, 0.25) is 0 Å². The number of benzene rings is 3. The van der Waals surface area contributed by atoms with Crippen molar-refractivity contribution in [1.29, 1.82) is 0 Å². The number of esters is 2. The number of methoxy groups -OCH3 is 3. The Balaban J connectivity index is 2.03. The van der Waals surface area contributed by atoms with Crippen molar-refractivity contribution >= 4 is 49.8 Å². The van der Waals surface area contributed by atoms with Crippen LogP contribution in [0.25, 0.3) is 10.8 Å². The first-order valence-corrected chi connectivity index (χ1v) is 13.4. The summed E-state index contributed by atoms with van der Waals surface area (Å²) in [6.45, 7) is 1.25. The monoisotopic (exact) mass is 600 g/mol. The molecule has 0 fully saturated rings. The minimum Gasteiger partial charge on any atom is -0.610 e. The Labute approximate surface area is 231 Å². The molecular weight excluding hydrogens is 576 g/mol. The lowest BCUT2D eigenvalue weighted by molar-refractivity contribution is -0.131. The van der Waals surface area contributed by atoms with Crippen LogP contribution in [0.15, 0.2) is 71.7 Å². The van der Waals surface area contributed by atoms with E-state index in [-0.39, 0.29) is 33.9 Å². The number of allylic oxidation sites excluding steroid dienone is 3. The topological polar surface area (TPSA) is 103 Å². The van der Waals surface area contributed by atoms with Gasteiger partial charge in [-0.1, -0.05) is 36.4 Å². The van der Waals surface area contributed by atoms with Crippen molar-refractivity contribution in [3.63, 3.8) is 0 Å². The standard InChI is InChI=1S/C28H25BrO8S/c1-17(30)36-23-19-12-10-14-21(38(32)28(29)15-8-5-9-16-28)22(19)24(26(35-4)25(23)34-3)37-27(31)18-11-6-7-13-20(18)33-2/h5-15H,16H2,1-4H3. The van der Waals surface area contributed by atoms with Crippen LogP contribution in [0.4, 0.5) is 0 Å². The SMILES string of the molecule is COc1ccccc1C(=O)Oc1c(OC)c(OC)c(OC(C)=O)c2cccc([S+]([O-])C3(Br)C=CC=CC3)c12. The third kappa shape index (κ3) is 5.11. The van der Waals surface area contributed by atoms with E-state index in [9.17, 15) is 14.1 Å². The van der Waals surface area contributed by atoms with Gasteiger partial charge in [0.05, 0.1) is 26.7 Å². The zero-order valence-electron chi connectivity index (χ0n) is 21.1. The predicted octanol–water partition coefficient (Wildman–Crippen LogP) is 5.73. The maximum absolute atomic E-state index is 14.1. The summed E-state index contributed by atoms with van der Waals surface area (Å²) < 4.78 is 41.2. The Morgan fingerprint density at radius 3 is 2.24 bits per heavy atom. The number of alkyl halides is 1. The number of fused-ring (bicyclic) bond motifs is 1. The summed E-state index contributed by atoms with van der Waals surface area (Å²) in [5.41, 5.74) is 0.171. The Hall–Kier alpha value is -3.47. The van der Waals surface area contributed by atoms with Crippen LogP contribution >= 0.6 is 15.9 Å². The Morgan fingerprint density at radius 2 is 1.61 bits per heavy atom. The van der Waals surface area contributed by atoms with E-state index < -0.39 is 26.8 Å². The highest BCUT2D eigenvalue weighted by molar-refractivity contribution is 9.11. The van der Waals surface area contributed by atoms with Crippen molar-refractivity contribution in [1.82, 2.24) is 0 Å². The van der Waals surface area contributed by atoms with Crippen LogP contribution in [-0.4, -0.2) is 41.5 Å². The maximum atomic E-state index is 14.1. The van der Waals surface area contributed by atoms with Crippen molar-refractivity contribution in [3.05, 3.63) is 72.3 Å². The number of hydrogen-bond donors (Lipinski definition) is 0. The second kappa shape index (κ2) is 11.5. The molecule has 0 radical (unpaired) electrons. The van der Waals surface area contributed by atoms with Gasteiger partial charge in [-0.05, 0) is 46.3 Å². The van der Waals surface area contributed by atoms with E-state index in [1.807, 2.05) is 12.2 Å². The van der Waals surface area contributed by atoms with Gasteiger partial charge in [-0.2, -0.15) is 0 Å². The Bertz CT molecular complexity index is 1450. The summed E-state index contributed by atoms with van der Waals surface area (Å²) in [5, 5.41) is 0.614. The summed E-state index contributed by atoms with van der Waals surface area (Å²) in [6, 6.07) is 11.6. The fourth-order valence-corrected chi connectivity index (χ4v) is 6.39. The Morgan fingerprint density at radius 1 is 0.895 bits per heavy atom. The molecule has 0 amide bonds. The van der Waals surface area contributed by atoms with Crippen molar-refractivity contribution in [2.75, 3.05) is 21.3 Å². The van der Waals surface area contributed by atoms with Gasteiger partial charge in [0.2, 0.25) is 15.2 Å². The van der Waals surface area contributed by atoms with E-state index in [1.165, 1.54) is 28.3 Å². The van der Waals surface area contributed by atoms with Gasteiger partial charge in [-0.3, -0.25) is 4.79 Å². The summed E-state index contributed by atoms with van der Waals surface area (Å²) in [4.78, 5) is 25.8. The number of halogens is 1. The van der Waals surface area contributed by atoms with Gasteiger partial charge in [0.1, 0.15) is 11.3 Å². The fourth-order valence-electron chi connectivity index (χ4n) is 4.12. The molecule has 10 heteroatoms. The minimum atomic E-state index is -1.70. The van der Waals surface area contributed by atoms with E-state index >= 15 is 0 Å². The molecule has 0 N–H and O–H groups in total. The van der Waals surface area contributed by atoms with E-state index in [1.54, 1.807) is 54.6 Å². The normalized spacial score (nSPS) is 17.1. The van der Waals surface area contributed by atoms with Gasteiger partial charge < -0.3 is 28.2 Å². The van der Waals surface area contributed by atoms with Gasteiger partial charge in [0.15, 0.2) is 16.4 Å². The number of para-hydroxylation sites is 1. The molecule has 4 rings (SSSR count). The molecule has 0 heterocycles. The van der Waals surface area contributed by atoms with Gasteiger partial charge in [-0.25, -0.2) is 4.79 Å². The van der Waals surface area contributed by atoms with Crippen LogP contribution in [0.5, 0.6) is 28.7 Å². The average Bonchev–Trinajstić information content (AvgIpc) is 2.93. The molecule has 0 aliphatic heterocycles. The molecule has 198 valence electrons. The van der Waals surface area contributed by atoms with E-state index in [4.69, 9.17) is 23.7 Å². The first-order valence-electron chi connectivity index (χ1n) is 11.4. The number of carbonyl (C=O) groups excluding carboxylic acids is 2. The predicted molar refractivity (Wildman–Crippen MR) is 147 cm³/mol. The molecular formula is C28H25BrO8S.